The van der Waals surface area contributed by atoms with E-state index in [0.29, 0.717) is 43.4 Å². The van der Waals surface area contributed by atoms with Crippen LogP contribution in [0.1, 0.15) is 77.0 Å². The number of aromatic nitrogens is 4. The highest BCUT2D eigenvalue weighted by molar-refractivity contribution is 5.71. The van der Waals surface area contributed by atoms with Gasteiger partial charge < -0.3 is 24.2 Å². The van der Waals surface area contributed by atoms with Crippen molar-refractivity contribution in [3.05, 3.63) is 59.7 Å². The number of nitrogens with zero attached hydrogens (tertiary/aromatic N) is 7. The lowest BCUT2D eigenvalue weighted by molar-refractivity contribution is -0.143. The zero-order valence-corrected chi connectivity index (χ0v) is 29.8. The van der Waals surface area contributed by atoms with E-state index in [0.717, 1.165) is 5.56 Å². The molecule has 0 N–H and O–H groups in total. The number of halogens is 6. The van der Waals surface area contributed by atoms with E-state index in [9.17, 15) is 35.9 Å². The largest absolute Gasteiger partial charge is 0.444 e. The summed E-state index contributed by atoms with van der Waals surface area (Å²) in [6.07, 6.45) is -3.57. The highest BCUT2D eigenvalue weighted by Gasteiger charge is 2.44. The predicted octanol–water partition coefficient (Wildman–Crippen LogP) is 7.70. The van der Waals surface area contributed by atoms with Crippen LogP contribution in [-0.4, -0.2) is 84.7 Å². The molecular formula is C35H43F6N7O4. The van der Waals surface area contributed by atoms with E-state index in [1.54, 1.807) is 54.7 Å². The average molecular weight is 740 g/mol. The van der Waals surface area contributed by atoms with E-state index in [2.05, 4.69) is 15.1 Å². The van der Waals surface area contributed by atoms with Crippen LogP contribution in [0.5, 0.6) is 0 Å². The first-order valence-corrected chi connectivity index (χ1v) is 17.1. The molecule has 11 nitrogen and oxygen atoms in total. The third kappa shape index (κ3) is 9.07. The molecule has 1 unspecified atom stereocenters. The van der Waals surface area contributed by atoms with Crippen LogP contribution in [0.2, 0.25) is 0 Å². The van der Waals surface area contributed by atoms with Gasteiger partial charge in [-0.2, -0.15) is 31.4 Å². The minimum Gasteiger partial charge on any atom is -0.444 e. The second kappa shape index (κ2) is 14.8. The summed E-state index contributed by atoms with van der Waals surface area (Å²) in [5.41, 5.74) is -2.38. The van der Waals surface area contributed by atoms with Crippen LogP contribution < -0.4 is 4.90 Å². The number of aryl methyl sites for hydroxylation is 1. The number of piperidine rings is 1. The third-order valence-corrected chi connectivity index (χ3v) is 9.17. The molecule has 2 aliphatic heterocycles. The van der Waals surface area contributed by atoms with E-state index in [1.165, 1.54) is 17.3 Å². The highest BCUT2D eigenvalue weighted by Crippen LogP contribution is 2.38. The second-order valence-electron chi connectivity index (χ2n) is 14.3. The van der Waals surface area contributed by atoms with E-state index in [1.807, 2.05) is 13.8 Å². The van der Waals surface area contributed by atoms with Gasteiger partial charge in [0.15, 0.2) is 0 Å². The summed E-state index contributed by atoms with van der Waals surface area (Å²) in [6.45, 7) is 9.05. The number of anilines is 1. The Labute approximate surface area is 297 Å². The fourth-order valence-corrected chi connectivity index (χ4v) is 6.58. The minimum absolute atomic E-state index is 0.103. The lowest BCUT2D eigenvalue weighted by Crippen LogP contribution is -2.60. The van der Waals surface area contributed by atoms with Crippen molar-refractivity contribution >= 4 is 18.1 Å². The number of hydrogen-bond donors (Lipinski definition) is 0. The Morgan fingerprint density at radius 1 is 0.846 bits per heavy atom. The van der Waals surface area contributed by atoms with Crippen molar-refractivity contribution in [3.63, 3.8) is 0 Å². The Balaban J connectivity index is 1.42. The number of carbonyl (C=O) groups excluding carboxylic acids is 2. The Morgan fingerprint density at radius 2 is 1.40 bits per heavy atom. The summed E-state index contributed by atoms with van der Waals surface area (Å²) < 4.78 is 95.8. The van der Waals surface area contributed by atoms with Gasteiger partial charge in [-0.3, -0.25) is 4.68 Å². The van der Waals surface area contributed by atoms with Gasteiger partial charge >= 0.3 is 24.5 Å². The molecule has 284 valence electrons. The molecule has 2 aromatic heterocycles. The van der Waals surface area contributed by atoms with Gasteiger partial charge in [0, 0.05) is 61.4 Å². The first kappa shape index (κ1) is 38.7. The fourth-order valence-electron chi connectivity index (χ4n) is 6.58. The molecule has 0 aliphatic carbocycles. The van der Waals surface area contributed by atoms with Gasteiger partial charge in [0.2, 0.25) is 5.95 Å². The normalized spacial score (nSPS) is 20.0. The molecule has 2 amide bonds. The van der Waals surface area contributed by atoms with Crippen molar-refractivity contribution in [2.75, 3.05) is 18.0 Å². The monoisotopic (exact) mass is 739 g/mol. The average Bonchev–Trinajstić information content (AvgIpc) is 3.48. The van der Waals surface area contributed by atoms with Crippen LogP contribution in [0, 0.1) is 0 Å². The number of rotatable bonds is 8. The first-order valence-electron chi connectivity index (χ1n) is 17.1. The number of carbonyl (C=O) groups is 2. The van der Waals surface area contributed by atoms with Gasteiger partial charge in [-0.05, 0) is 70.2 Å². The van der Waals surface area contributed by atoms with Gasteiger partial charge in [-0.1, -0.05) is 13.8 Å². The van der Waals surface area contributed by atoms with Gasteiger partial charge in [0.1, 0.15) is 11.7 Å². The zero-order chi connectivity index (χ0) is 38.2. The van der Waals surface area contributed by atoms with Crippen molar-refractivity contribution in [2.45, 2.75) is 109 Å². The molecule has 4 heterocycles. The third-order valence-electron chi connectivity index (χ3n) is 9.17. The van der Waals surface area contributed by atoms with Crippen molar-refractivity contribution in [1.29, 1.82) is 0 Å². The molecule has 52 heavy (non-hydrogen) atoms. The molecule has 2 aliphatic rings. The molecule has 3 aromatic rings. The molecule has 3 atom stereocenters. The maximum Gasteiger partial charge on any atom is 0.416 e. The molecule has 1 aromatic carbocycles. The van der Waals surface area contributed by atoms with E-state index in [4.69, 9.17) is 9.47 Å². The lowest BCUT2D eigenvalue weighted by Gasteiger charge is -2.48. The van der Waals surface area contributed by atoms with Crippen LogP contribution in [0.4, 0.5) is 41.9 Å². The van der Waals surface area contributed by atoms with Crippen molar-refractivity contribution < 1.29 is 45.4 Å². The number of alkyl halides is 6. The predicted molar refractivity (Wildman–Crippen MR) is 178 cm³/mol. The SMILES string of the molecule is CC[C@@H]1CC(N(Cc2cc(C(F)(F)F)cc(C(F)(F)F)c2)c2ncc(-c3cnn(C)c3)cn2)C[C@H](CC)N1C(=O)OC1CN(C(=O)OC(C)(C)C)C1. The molecule has 17 heteroatoms. The maximum absolute atomic E-state index is 13.8. The molecule has 0 spiro atoms. The van der Waals surface area contributed by atoms with Crippen LogP contribution in [0.25, 0.3) is 11.1 Å². The number of hydrogen-bond acceptors (Lipinski definition) is 8. The minimum atomic E-state index is -5.01. The maximum atomic E-state index is 13.8. The van der Waals surface area contributed by atoms with Gasteiger partial charge in [0.05, 0.1) is 30.4 Å². The summed E-state index contributed by atoms with van der Waals surface area (Å²) in [5.74, 6) is 0.112. The molecule has 0 radical (unpaired) electrons. The van der Waals surface area contributed by atoms with E-state index >= 15 is 0 Å². The number of ether oxygens (including phenoxy) is 2. The van der Waals surface area contributed by atoms with Crippen LogP contribution >= 0.6 is 0 Å². The molecule has 0 bridgehead atoms. The van der Waals surface area contributed by atoms with Gasteiger partial charge in [-0.15, -0.1) is 0 Å². The van der Waals surface area contributed by atoms with Crippen LogP contribution in [0.3, 0.4) is 0 Å². The summed E-state index contributed by atoms with van der Waals surface area (Å²) in [7, 11) is 1.74. The van der Waals surface area contributed by atoms with Gasteiger partial charge in [0.25, 0.3) is 0 Å². The van der Waals surface area contributed by atoms with E-state index < -0.39 is 53.4 Å². The Kier molecular flexibility index (Phi) is 11.0. The Bertz CT molecular complexity index is 1670. The summed E-state index contributed by atoms with van der Waals surface area (Å²) in [6, 6.07) is 0.286. The smallest absolute Gasteiger partial charge is 0.416 e. The second-order valence-corrected chi connectivity index (χ2v) is 14.3. The lowest BCUT2D eigenvalue weighted by atomic mass is 9.87. The summed E-state index contributed by atoms with van der Waals surface area (Å²) >= 11 is 0. The number of likely N-dealkylation sites (tertiary alicyclic amines) is 2. The Morgan fingerprint density at radius 3 is 1.87 bits per heavy atom. The molecular weight excluding hydrogens is 696 g/mol. The summed E-state index contributed by atoms with van der Waals surface area (Å²) in [5, 5.41) is 4.15. The molecule has 2 saturated heterocycles. The van der Waals surface area contributed by atoms with E-state index in [-0.39, 0.29) is 49.3 Å². The molecule has 5 rings (SSSR count). The zero-order valence-electron chi connectivity index (χ0n) is 29.8. The number of amides is 2. The fraction of sp³-hybridized carbons (Fsp3) is 0.571. The van der Waals surface area contributed by atoms with Crippen molar-refractivity contribution in [1.82, 2.24) is 29.5 Å². The van der Waals surface area contributed by atoms with Crippen molar-refractivity contribution in [3.8, 4) is 11.1 Å². The van der Waals surface area contributed by atoms with Gasteiger partial charge in [-0.25, -0.2) is 19.6 Å². The highest BCUT2D eigenvalue weighted by atomic mass is 19.4. The molecule has 0 saturated carbocycles. The Hall–Kier alpha value is -4.57. The first-order chi connectivity index (χ1) is 24.2. The topological polar surface area (TPSA) is 106 Å². The van der Waals surface area contributed by atoms with Crippen LogP contribution in [0.15, 0.2) is 43.0 Å². The van der Waals surface area contributed by atoms with Crippen LogP contribution in [-0.2, 0) is 35.4 Å². The van der Waals surface area contributed by atoms with Crippen molar-refractivity contribution in [2.24, 2.45) is 7.05 Å². The quantitative estimate of drug-likeness (QED) is 0.217. The number of benzene rings is 1. The molecule has 2 fully saturated rings. The standard InChI is InChI=1S/C35H43F6N7O4/c1-7-26-12-28(13-27(8-2)48(26)32(50)51-29-19-46(20-29)31(49)52-33(3,4)5)47(30-42-14-22(15-43-30)23-16-44-45(6)18-23)17-21-9-24(34(36,37)38)11-25(10-21)35(39,40)41/h9-11,14-16,18,26-29H,7-8,12-13,17,19-20H2,1-6H3/t26-,27+,28?. The summed E-state index contributed by atoms with van der Waals surface area (Å²) in [4.78, 5) is 39.8.